The number of methoxy groups -OCH3 is 2. The summed E-state index contributed by atoms with van der Waals surface area (Å²) in [7, 11) is 3.18. The highest BCUT2D eigenvalue weighted by Gasteiger charge is 2.26. The summed E-state index contributed by atoms with van der Waals surface area (Å²) in [5, 5.41) is 14.5. The number of aliphatic hydroxyl groups is 1. The lowest BCUT2D eigenvalue weighted by molar-refractivity contribution is -0.0201. The van der Waals surface area contributed by atoms with Crippen LogP contribution >= 0.6 is 0 Å². The van der Waals surface area contributed by atoms with Gasteiger partial charge in [0.15, 0.2) is 5.75 Å². The van der Waals surface area contributed by atoms with Crippen molar-refractivity contribution < 1.29 is 14.6 Å². The predicted molar refractivity (Wildman–Crippen MR) is 65.1 cm³/mol. The minimum atomic E-state index is -0.714. The smallest absolute Gasteiger partial charge is 0.162 e. The zero-order valence-electron chi connectivity index (χ0n) is 11.0. The molecule has 0 aromatic carbocycles. The summed E-state index contributed by atoms with van der Waals surface area (Å²) in [5.74, 6) is 0.612. The van der Waals surface area contributed by atoms with Crippen molar-refractivity contribution in [3.63, 3.8) is 0 Å². The van der Waals surface area contributed by atoms with Crippen molar-refractivity contribution in [1.29, 1.82) is 0 Å². The van der Waals surface area contributed by atoms with Crippen LogP contribution in [-0.2, 0) is 11.3 Å². The van der Waals surface area contributed by atoms with Crippen LogP contribution < -0.4 is 4.74 Å². The van der Waals surface area contributed by atoms with Crippen LogP contribution in [0.2, 0.25) is 0 Å². The molecule has 5 heteroatoms. The highest BCUT2D eigenvalue weighted by atomic mass is 16.5. The van der Waals surface area contributed by atoms with Gasteiger partial charge in [0.2, 0.25) is 0 Å². The first-order chi connectivity index (χ1) is 8.19. The van der Waals surface area contributed by atoms with E-state index in [0.717, 1.165) is 19.4 Å². The maximum absolute atomic E-state index is 10.3. The number of hydrogen-bond donors (Lipinski definition) is 1. The Bertz CT molecular complexity index is 334. The molecule has 0 fully saturated rings. The summed E-state index contributed by atoms with van der Waals surface area (Å²) in [5.41, 5.74) is 0.697. The molecule has 5 nitrogen and oxygen atoms in total. The normalized spacial score (nSPS) is 14.6. The molecule has 0 saturated heterocycles. The van der Waals surface area contributed by atoms with Crippen molar-refractivity contribution >= 4 is 0 Å². The van der Waals surface area contributed by atoms with Crippen molar-refractivity contribution in [3.8, 4) is 5.75 Å². The standard InChI is InChI=1S/C12H22N2O3/c1-5-7-14-11(10(17-4)8-13-14)12(15)9(6-2)16-3/h8-9,12,15H,5-7H2,1-4H3. The molecular weight excluding hydrogens is 220 g/mol. The van der Waals surface area contributed by atoms with Gasteiger partial charge in [-0.2, -0.15) is 5.10 Å². The summed E-state index contributed by atoms with van der Waals surface area (Å²) in [6.45, 7) is 4.80. The molecule has 0 spiro atoms. The van der Waals surface area contributed by atoms with E-state index >= 15 is 0 Å². The number of aryl methyl sites for hydroxylation is 1. The van der Waals surface area contributed by atoms with Crippen molar-refractivity contribution in [2.45, 2.75) is 45.4 Å². The van der Waals surface area contributed by atoms with E-state index in [1.54, 1.807) is 25.1 Å². The Hall–Kier alpha value is -1.07. The highest BCUT2D eigenvalue weighted by Crippen LogP contribution is 2.29. The van der Waals surface area contributed by atoms with Crippen molar-refractivity contribution in [1.82, 2.24) is 9.78 Å². The van der Waals surface area contributed by atoms with Gasteiger partial charge in [0, 0.05) is 13.7 Å². The second kappa shape index (κ2) is 6.61. The van der Waals surface area contributed by atoms with Gasteiger partial charge in [-0.3, -0.25) is 4.68 Å². The van der Waals surface area contributed by atoms with Crippen molar-refractivity contribution in [3.05, 3.63) is 11.9 Å². The minimum Gasteiger partial charge on any atom is -0.493 e. The molecule has 98 valence electrons. The van der Waals surface area contributed by atoms with E-state index in [2.05, 4.69) is 12.0 Å². The molecule has 1 N–H and O–H groups in total. The average Bonchev–Trinajstić information content (AvgIpc) is 2.74. The topological polar surface area (TPSA) is 56.5 Å². The van der Waals surface area contributed by atoms with Crippen LogP contribution in [0.15, 0.2) is 6.20 Å². The van der Waals surface area contributed by atoms with E-state index in [1.807, 2.05) is 6.92 Å². The monoisotopic (exact) mass is 242 g/mol. The molecule has 0 aliphatic rings. The fraction of sp³-hybridized carbons (Fsp3) is 0.750. The molecule has 0 aliphatic carbocycles. The Kier molecular flexibility index (Phi) is 5.44. The van der Waals surface area contributed by atoms with Crippen molar-refractivity contribution in [2.75, 3.05) is 14.2 Å². The molecule has 2 unspecified atom stereocenters. The van der Waals surface area contributed by atoms with E-state index in [-0.39, 0.29) is 6.10 Å². The van der Waals surface area contributed by atoms with Crippen LogP contribution in [0.4, 0.5) is 0 Å². The Morgan fingerprint density at radius 2 is 2.12 bits per heavy atom. The van der Waals surface area contributed by atoms with Crippen LogP contribution in [0.5, 0.6) is 5.75 Å². The van der Waals surface area contributed by atoms with Gasteiger partial charge in [0.25, 0.3) is 0 Å². The van der Waals surface area contributed by atoms with Gasteiger partial charge in [-0.25, -0.2) is 0 Å². The molecule has 0 radical (unpaired) electrons. The van der Waals surface area contributed by atoms with Crippen molar-refractivity contribution in [2.24, 2.45) is 0 Å². The molecule has 0 saturated carbocycles. The Labute approximate surface area is 102 Å². The molecule has 1 aromatic rings. The maximum Gasteiger partial charge on any atom is 0.162 e. The first-order valence-corrected chi connectivity index (χ1v) is 6.00. The first-order valence-electron chi connectivity index (χ1n) is 6.00. The number of hydrogen-bond acceptors (Lipinski definition) is 4. The predicted octanol–water partition coefficient (Wildman–Crippen LogP) is 1.76. The fourth-order valence-electron chi connectivity index (χ4n) is 1.92. The largest absolute Gasteiger partial charge is 0.493 e. The van der Waals surface area contributed by atoms with Gasteiger partial charge < -0.3 is 14.6 Å². The lowest BCUT2D eigenvalue weighted by atomic mass is 10.1. The van der Waals surface area contributed by atoms with Crippen LogP contribution in [0, 0.1) is 0 Å². The molecule has 17 heavy (non-hydrogen) atoms. The Balaban J connectivity index is 3.03. The van der Waals surface area contributed by atoms with E-state index in [9.17, 15) is 5.11 Å². The fourth-order valence-corrected chi connectivity index (χ4v) is 1.92. The van der Waals surface area contributed by atoms with E-state index in [4.69, 9.17) is 9.47 Å². The third-order valence-electron chi connectivity index (χ3n) is 2.84. The van der Waals surface area contributed by atoms with Crippen LogP contribution in [0.1, 0.15) is 38.5 Å². The summed E-state index contributed by atoms with van der Waals surface area (Å²) in [4.78, 5) is 0. The molecule has 0 amide bonds. The molecule has 2 atom stereocenters. The highest BCUT2D eigenvalue weighted by molar-refractivity contribution is 5.28. The second-order valence-corrected chi connectivity index (χ2v) is 3.95. The molecular formula is C12H22N2O3. The molecule has 0 bridgehead atoms. The third kappa shape index (κ3) is 2.98. The average molecular weight is 242 g/mol. The van der Waals surface area contributed by atoms with E-state index in [0.29, 0.717) is 11.4 Å². The lowest BCUT2D eigenvalue weighted by Gasteiger charge is -2.21. The van der Waals surface area contributed by atoms with Crippen LogP contribution in [0.25, 0.3) is 0 Å². The number of ether oxygens (including phenoxy) is 2. The zero-order chi connectivity index (χ0) is 12.8. The number of nitrogens with zero attached hydrogens (tertiary/aromatic N) is 2. The second-order valence-electron chi connectivity index (χ2n) is 3.95. The Morgan fingerprint density at radius 3 is 2.59 bits per heavy atom. The summed E-state index contributed by atoms with van der Waals surface area (Å²) < 4.78 is 12.3. The van der Waals surface area contributed by atoms with E-state index < -0.39 is 6.10 Å². The van der Waals surface area contributed by atoms with Gasteiger partial charge in [-0.1, -0.05) is 13.8 Å². The molecule has 1 rings (SSSR count). The maximum atomic E-state index is 10.3. The van der Waals surface area contributed by atoms with E-state index in [1.165, 1.54) is 0 Å². The number of aromatic nitrogens is 2. The van der Waals surface area contributed by atoms with Gasteiger partial charge in [-0.15, -0.1) is 0 Å². The van der Waals surface area contributed by atoms with Gasteiger partial charge >= 0.3 is 0 Å². The Morgan fingerprint density at radius 1 is 1.41 bits per heavy atom. The first kappa shape index (κ1) is 14.0. The molecule has 0 aliphatic heterocycles. The molecule has 1 heterocycles. The SMILES string of the molecule is CCCn1ncc(OC)c1C(O)C(CC)OC. The van der Waals surface area contributed by atoms with Gasteiger partial charge in [-0.05, 0) is 12.8 Å². The third-order valence-corrected chi connectivity index (χ3v) is 2.84. The number of aliphatic hydroxyl groups excluding tert-OH is 1. The molecule has 1 aromatic heterocycles. The van der Waals surface area contributed by atoms with Gasteiger partial charge in [0.05, 0.1) is 19.4 Å². The zero-order valence-corrected chi connectivity index (χ0v) is 11.0. The van der Waals surface area contributed by atoms with Crippen LogP contribution in [-0.4, -0.2) is 35.2 Å². The van der Waals surface area contributed by atoms with Gasteiger partial charge in [0.1, 0.15) is 11.8 Å². The quantitative estimate of drug-likeness (QED) is 0.791. The van der Waals surface area contributed by atoms with Crippen LogP contribution in [0.3, 0.4) is 0 Å². The number of rotatable bonds is 7. The summed E-state index contributed by atoms with van der Waals surface area (Å²) in [6.07, 6.45) is 2.37. The summed E-state index contributed by atoms with van der Waals surface area (Å²) >= 11 is 0. The lowest BCUT2D eigenvalue weighted by Crippen LogP contribution is -2.23. The minimum absolute atomic E-state index is 0.240. The summed E-state index contributed by atoms with van der Waals surface area (Å²) in [6, 6.07) is 0.